The maximum absolute atomic E-state index is 12.5. The quantitative estimate of drug-likeness (QED) is 0.840. The number of rotatable bonds is 4. The second-order valence-electron chi connectivity index (χ2n) is 5.87. The number of fused-ring (bicyclic) bond motifs is 1. The summed E-state index contributed by atoms with van der Waals surface area (Å²) in [6, 6.07) is 5.43. The third kappa shape index (κ3) is 2.62. The summed E-state index contributed by atoms with van der Waals surface area (Å²) in [5.41, 5.74) is 7.00. The van der Waals surface area contributed by atoms with E-state index in [1.807, 2.05) is 6.07 Å². The zero-order valence-electron chi connectivity index (χ0n) is 12.1. The topological polar surface area (TPSA) is 64.3 Å². The molecule has 1 aromatic rings. The summed E-state index contributed by atoms with van der Waals surface area (Å²) in [7, 11) is 1.57. The van der Waals surface area contributed by atoms with E-state index in [4.69, 9.17) is 22.7 Å². The van der Waals surface area contributed by atoms with E-state index in [1.165, 1.54) is 25.7 Å². The van der Waals surface area contributed by atoms with Gasteiger partial charge in [0.1, 0.15) is 10.7 Å². The molecule has 0 aromatic heterocycles. The Morgan fingerprint density at radius 2 is 2.00 bits per heavy atom. The van der Waals surface area contributed by atoms with E-state index >= 15 is 0 Å². The molecule has 0 heterocycles. The van der Waals surface area contributed by atoms with Gasteiger partial charge in [-0.05, 0) is 36.8 Å². The van der Waals surface area contributed by atoms with E-state index in [9.17, 15) is 4.79 Å². The molecule has 0 aliphatic heterocycles. The van der Waals surface area contributed by atoms with Crippen molar-refractivity contribution in [2.75, 3.05) is 12.4 Å². The minimum absolute atomic E-state index is 0.0777. The van der Waals surface area contributed by atoms with Gasteiger partial charge in [0.2, 0.25) is 5.91 Å². The lowest BCUT2D eigenvalue weighted by molar-refractivity contribution is -0.117. The SMILES string of the molecule is COc1cccc(C(N)=S)c1NC(=O)C1C2CCCCC21. The highest BCUT2D eigenvalue weighted by Gasteiger charge is 2.54. The summed E-state index contributed by atoms with van der Waals surface area (Å²) in [5, 5.41) is 3.00. The minimum atomic E-state index is 0.0777. The number of benzene rings is 1. The number of hydrogen-bond acceptors (Lipinski definition) is 3. The Hall–Kier alpha value is -1.62. The van der Waals surface area contributed by atoms with Gasteiger partial charge in [-0.25, -0.2) is 0 Å². The van der Waals surface area contributed by atoms with Crippen LogP contribution in [0.5, 0.6) is 5.75 Å². The second-order valence-corrected chi connectivity index (χ2v) is 6.31. The van der Waals surface area contributed by atoms with Gasteiger partial charge in [0.05, 0.1) is 12.8 Å². The monoisotopic (exact) mass is 304 g/mol. The summed E-state index contributed by atoms with van der Waals surface area (Å²) < 4.78 is 5.33. The third-order valence-electron chi connectivity index (χ3n) is 4.72. The van der Waals surface area contributed by atoms with E-state index in [0.717, 1.165) is 0 Å². The zero-order valence-corrected chi connectivity index (χ0v) is 12.9. The van der Waals surface area contributed by atoms with Crippen molar-refractivity contribution in [2.45, 2.75) is 25.7 Å². The molecule has 2 aliphatic rings. The number of anilines is 1. The molecule has 0 bridgehead atoms. The molecule has 3 N–H and O–H groups in total. The number of nitrogens with two attached hydrogens (primary N) is 1. The maximum Gasteiger partial charge on any atom is 0.228 e. The van der Waals surface area contributed by atoms with Crippen LogP contribution in [0.1, 0.15) is 31.2 Å². The fraction of sp³-hybridized carbons (Fsp3) is 0.500. The first-order valence-electron chi connectivity index (χ1n) is 7.41. The molecule has 2 atom stereocenters. The largest absolute Gasteiger partial charge is 0.495 e. The highest BCUT2D eigenvalue weighted by atomic mass is 32.1. The predicted molar refractivity (Wildman–Crippen MR) is 86.4 cm³/mol. The first-order valence-corrected chi connectivity index (χ1v) is 7.82. The van der Waals surface area contributed by atoms with Gasteiger partial charge in [-0.15, -0.1) is 0 Å². The number of para-hydroxylation sites is 1. The van der Waals surface area contributed by atoms with E-state index in [0.29, 0.717) is 28.8 Å². The average Bonchev–Trinajstić information content (AvgIpc) is 3.21. The van der Waals surface area contributed by atoms with Crippen LogP contribution in [0.25, 0.3) is 0 Å². The molecule has 5 heteroatoms. The summed E-state index contributed by atoms with van der Waals surface area (Å²) in [6.45, 7) is 0. The third-order valence-corrected chi connectivity index (χ3v) is 4.94. The first-order chi connectivity index (χ1) is 10.1. The van der Waals surface area contributed by atoms with Crippen LogP contribution < -0.4 is 15.8 Å². The van der Waals surface area contributed by atoms with Crippen LogP contribution in [0.3, 0.4) is 0 Å². The van der Waals surface area contributed by atoms with Crippen LogP contribution in [-0.2, 0) is 4.79 Å². The lowest BCUT2D eigenvalue weighted by atomic mass is 10.0. The molecule has 2 fully saturated rings. The predicted octanol–water partition coefficient (Wildman–Crippen LogP) is 2.70. The molecule has 2 unspecified atom stereocenters. The average molecular weight is 304 g/mol. The minimum Gasteiger partial charge on any atom is -0.495 e. The second kappa shape index (κ2) is 5.64. The van der Waals surface area contributed by atoms with Crippen LogP contribution in [0.15, 0.2) is 18.2 Å². The van der Waals surface area contributed by atoms with Gasteiger partial charge in [0.25, 0.3) is 0 Å². The number of hydrogen-bond donors (Lipinski definition) is 2. The van der Waals surface area contributed by atoms with Crippen molar-refractivity contribution in [3.8, 4) is 5.75 Å². The van der Waals surface area contributed by atoms with Gasteiger partial charge >= 0.3 is 0 Å². The Labute approximate surface area is 130 Å². The standard InChI is InChI=1S/C16H20N2O2S/c1-20-12-8-4-7-11(15(17)21)14(12)18-16(19)13-9-5-2-3-6-10(9)13/h4,7-10,13H,2-3,5-6H2,1H3,(H2,17,21)(H,18,19). The fourth-order valence-electron chi connectivity index (χ4n) is 3.62. The number of amides is 1. The molecule has 2 saturated carbocycles. The lowest BCUT2D eigenvalue weighted by Gasteiger charge is -2.14. The van der Waals surface area contributed by atoms with Gasteiger partial charge < -0.3 is 15.8 Å². The van der Waals surface area contributed by atoms with Crippen molar-refractivity contribution in [1.29, 1.82) is 0 Å². The number of thiocarbonyl (C=S) groups is 1. The molecule has 0 spiro atoms. The van der Waals surface area contributed by atoms with Gasteiger partial charge in [0, 0.05) is 11.5 Å². The Kier molecular flexibility index (Phi) is 3.85. The summed E-state index contributed by atoms with van der Waals surface area (Å²) in [6.07, 6.45) is 4.85. The number of nitrogens with one attached hydrogen (secondary N) is 1. The highest BCUT2D eigenvalue weighted by Crippen LogP contribution is 2.55. The van der Waals surface area contributed by atoms with E-state index in [-0.39, 0.29) is 16.8 Å². The van der Waals surface area contributed by atoms with Crippen LogP contribution in [0.2, 0.25) is 0 Å². The van der Waals surface area contributed by atoms with Crippen molar-refractivity contribution in [1.82, 2.24) is 0 Å². The van der Waals surface area contributed by atoms with Crippen molar-refractivity contribution in [3.63, 3.8) is 0 Å². The molecule has 3 rings (SSSR count). The van der Waals surface area contributed by atoms with E-state index < -0.39 is 0 Å². The maximum atomic E-state index is 12.5. The van der Waals surface area contributed by atoms with E-state index in [2.05, 4.69) is 5.32 Å². The molecule has 1 aromatic carbocycles. The molecule has 4 nitrogen and oxygen atoms in total. The Balaban J connectivity index is 1.81. The number of carbonyl (C=O) groups is 1. The lowest BCUT2D eigenvalue weighted by Crippen LogP contribution is -2.20. The highest BCUT2D eigenvalue weighted by molar-refractivity contribution is 7.80. The first kappa shape index (κ1) is 14.3. The molecule has 0 radical (unpaired) electrons. The van der Waals surface area contributed by atoms with Gasteiger partial charge in [-0.3, -0.25) is 4.79 Å². The van der Waals surface area contributed by atoms with Crippen LogP contribution >= 0.6 is 12.2 Å². The molecule has 21 heavy (non-hydrogen) atoms. The van der Waals surface area contributed by atoms with Gasteiger partial charge in [-0.1, -0.05) is 31.1 Å². The van der Waals surface area contributed by atoms with Crippen molar-refractivity contribution in [2.24, 2.45) is 23.5 Å². The number of ether oxygens (including phenoxy) is 1. The molecular weight excluding hydrogens is 284 g/mol. The molecule has 1 amide bonds. The van der Waals surface area contributed by atoms with Crippen molar-refractivity contribution >= 4 is 28.8 Å². The Morgan fingerprint density at radius 3 is 2.57 bits per heavy atom. The Bertz CT molecular complexity index is 576. The summed E-state index contributed by atoms with van der Waals surface area (Å²) in [4.78, 5) is 12.8. The van der Waals surface area contributed by atoms with Crippen LogP contribution in [-0.4, -0.2) is 18.0 Å². The van der Waals surface area contributed by atoms with Gasteiger partial charge in [0.15, 0.2) is 0 Å². The van der Waals surface area contributed by atoms with Gasteiger partial charge in [-0.2, -0.15) is 0 Å². The zero-order chi connectivity index (χ0) is 15.0. The normalized spacial score (nSPS) is 26.6. The number of methoxy groups -OCH3 is 1. The number of carbonyl (C=O) groups excluding carboxylic acids is 1. The van der Waals surface area contributed by atoms with E-state index in [1.54, 1.807) is 19.2 Å². The van der Waals surface area contributed by atoms with Crippen molar-refractivity contribution in [3.05, 3.63) is 23.8 Å². The fourth-order valence-corrected chi connectivity index (χ4v) is 3.79. The molecule has 112 valence electrons. The molecular formula is C16H20N2O2S. The van der Waals surface area contributed by atoms with Crippen molar-refractivity contribution < 1.29 is 9.53 Å². The Morgan fingerprint density at radius 1 is 1.33 bits per heavy atom. The molecule has 0 saturated heterocycles. The summed E-state index contributed by atoms with van der Waals surface area (Å²) in [5.74, 6) is 1.96. The smallest absolute Gasteiger partial charge is 0.228 e. The summed E-state index contributed by atoms with van der Waals surface area (Å²) >= 11 is 5.06. The van der Waals surface area contributed by atoms with Crippen LogP contribution in [0.4, 0.5) is 5.69 Å². The van der Waals surface area contributed by atoms with Crippen LogP contribution in [0, 0.1) is 17.8 Å². The molecule has 2 aliphatic carbocycles.